The van der Waals surface area contributed by atoms with Gasteiger partial charge in [-0.05, 0) is 50.0 Å². The second-order valence-electron chi connectivity index (χ2n) is 6.64. The van der Waals surface area contributed by atoms with E-state index < -0.39 is 0 Å². The van der Waals surface area contributed by atoms with Crippen molar-refractivity contribution in [3.8, 4) is 0 Å². The molecule has 2 heterocycles. The highest BCUT2D eigenvalue weighted by Crippen LogP contribution is 2.30. The molecular weight excluding hydrogens is 318 g/mol. The van der Waals surface area contributed by atoms with E-state index in [2.05, 4.69) is 33.0 Å². The van der Waals surface area contributed by atoms with Crippen LogP contribution in [0.4, 0.5) is 10.5 Å². The van der Waals surface area contributed by atoms with Crippen LogP contribution in [0.2, 0.25) is 0 Å². The van der Waals surface area contributed by atoms with Crippen LogP contribution < -0.4 is 21.7 Å². The molecule has 0 bridgehead atoms. The molecule has 25 heavy (non-hydrogen) atoms. The van der Waals surface area contributed by atoms with E-state index in [-0.39, 0.29) is 24.3 Å². The molecule has 0 spiro atoms. The summed E-state index contributed by atoms with van der Waals surface area (Å²) in [4.78, 5) is 16.6. The average Bonchev–Trinajstić information content (AvgIpc) is 2.57. The van der Waals surface area contributed by atoms with Gasteiger partial charge < -0.3 is 21.7 Å². The van der Waals surface area contributed by atoms with Gasteiger partial charge >= 0.3 is 6.03 Å². The van der Waals surface area contributed by atoms with Crippen LogP contribution in [0.15, 0.2) is 29.7 Å². The summed E-state index contributed by atoms with van der Waals surface area (Å²) in [7, 11) is 0. The average molecular weight is 341 g/mol. The van der Waals surface area contributed by atoms with E-state index in [4.69, 9.17) is 11.3 Å². The number of nitrogens with two attached hydrogens (primary N) is 1. The second kappa shape index (κ2) is 7.02. The lowest BCUT2D eigenvalue weighted by Gasteiger charge is -2.39. The molecule has 6 N–H and O–H groups in total. The maximum atomic E-state index is 12.2. The van der Waals surface area contributed by atoms with Gasteiger partial charge in [0.2, 0.25) is 0 Å². The Hall–Kier alpha value is -2.74. The van der Waals surface area contributed by atoms with E-state index in [0.717, 1.165) is 41.8 Å². The van der Waals surface area contributed by atoms with Crippen molar-refractivity contribution in [1.29, 1.82) is 5.53 Å². The molecule has 0 radical (unpaired) electrons. The van der Waals surface area contributed by atoms with Crippen LogP contribution in [0.5, 0.6) is 0 Å². The Kier molecular flexibility index (Phi) is 4.80. The quantitative estimate of drug-likeness (QED) is 0.527. The molecule has 132 valence electrons. The molecule has 1 unspecified atom stereocenters. The first-order valence-corrected chi connectivity index (χ1v) is 8.32. The lowest BCUT2D eigenvalue weighted by molar-refractivity contribution is 0.190. The predicted molar refractivity (Wildman–Crippen MR) is 96.8 cm³/mol. The van der Waals surface area contributed by atoms with E-state index >= 15 is 0 Å². The zero-order valence-electron chi connectivity index (χ0n) is 14.2. The molecule has 1 aromatic heterocycles. The third-order valence-electron chi connectivity index (χ3n) is 4.65. The Labute approximate surface area is 146 Å². The highest BCUT2D eigenvalue weighted by Gasteiger charge is 2.33. The third-order valence-corrected chi connectivity index (χ3v) is 4.65. The van der Waals surface area contributed by atoms with Crippen molar-refractivity contribution in [2.75, 3.05) is 11.9 Å². The van der Waals surface area contributed by atoms with Crippen molar-refractivity contribution >= 4 is 23.4 Å². The summed E-state index contributed by atoms with van der Waals surface area (Å²) >= 11 is 0. The van der Waals surface area contributed by atoms with Gasteiger partial charge in [0, 0.05) is 23.8 Å². The number of carbonyl (C=O) groups is 1. The van der Waals surface area contributed by atoms with Gasteiger partial charge in [-0.3, -0.25) is 4.98 Å². The number of nitrogens with one attached hydrogen (secondary N) is 4. The molecule has 1 aromatic rings. The van der Waals surface area contributed by atoms with Crippen molar-refractivity contribution in [3.63, 3.8) is 0 Å². The lowest BCUT2D eigenvalue weighted by Crippen LogP contribution is -2.56. The topological polar surface area (TPSA) is 128 Å². The summed E-state index contributed by atoms with van der Waals surface area (Å²) in [6, 6.07) is 1.71. The third kappa shape index (κ3) is 3.85. The summed E-state index contributed by atoms with van der Waals surface area (Å²) in [6.45, 7) is 2.32. The Bertz CT molecular complexity index is 737. The SMILES string of the molecule is CC1(NC(=O)NC2C=Cc3ncc(/C(=C/N=N)CN)cc3N2)CCC1. The van der Waals surface area contributed by atoms with Crippen LogP contribution in [0.1, 0.15) is 37.4 Å². The number of hydrogen-bond donors (Lipinski definition) is 5. The summed E-state index contributed by atoms with van der Waals surface area (Å²) in [6.07, 6.45) is 9.70. The minimum absolute atomic E-state index is 0.0876. The summed E-state index contributed by atoms with van der Waals surface area (Å²) in [5.74, 6) is 0. The smallest absolute Gasteiger partial charge is 0.317 e. The largest absolute Gasteiger partial charge is 0.360 e. The molecule has 8 heteroatoms. The number of hydrogen-bond acceptors (Lipinski definition) is 6. The van der Waals surface area contributed by atoms with Crippen molar-refractivity contribution in [1.82, 2.24) is 15.6 Å². The Morgan fingerprint density at radius 1 is 1.60 bits per heavy atom. The number of urea groups is 1. The molecular formula is C17H23N7O. The van der Waals surface area contributed by atoms with Gasteiger partial charge in [-0.15, -0.1) is 0 Å². The van der Waals surface area contributed by atoms with Crippen LogP contribution >= 0.6 is 0 Å². The number of amides is 2. The van der Waals surface area contributed by atoms with Crippen LogP contribution in [0.3, 0.4) is 0 Å². The fraction of sp³-hybridized carbons (Fsp3) is 0.412. The first-order chi connectivity index (χ1) is 12.0. The van der Waals surface area contributed by atoms with E-state index in [9.17, 15) is 4.79 Å². The van der Waals surface area contributed by atoms with Crippen molar-refractivity contribution in [2.45, 2.75) is 37.9 Å². The second-order valence-corrected chi connectivity index (χ2v) is 6.64. The molecule has 1 fully saturated rings. The number of pyridine rings is 1. The van der Waals surface area contributed by atoms with Crippen molar-refractivity contribution < 1.29 is 4.79 Å². The van der Waals surface area contributed by atoms with Crippen LogP contribution in [0.25, 0.3) is 11.6 Å². The molecule has 3 rings (SSSR count). The zero-order valence-corrected chi connectivity index (χ0v) is 14.2. The van der Waals surface area contributed by atoms with Crippen LogP contribution in [0, 0.1) is 5.53 Å². The van der Waals surface area contributed by atoms with E-state index in [1.165, 1.54) is 6.20 Å². The monoisotopic (exact) mass is 341 g/mol. The van der Waals surface area contributed by atoms with E-state index in [1.807, 2.05) is 18.2 Å². The Morgan fingerprint density at radius 2 is 2.40 bits per heavy atom. The molecule has 0 saturated heterocycles. The standard InChI is InChI=1S/C17H23N7O/c1-17(5-2-6-17)24-16(25)23-15-4-3-13-14(22-15)7-11(9-20-13)12(8-18)10-21-19/h3-4,7,9-10,15,19,22H,2,5-6,8,18H2,1H3,(H2,23,24,25)/b12-10+,21-19?. The Balaban J connectivity index is 1.68. The number of anilines is 1. The first kappa shape index (κ1) is 17.1. The minimum Gasteiger partial charge on any atom is -0.360 e. The van der Waals surface area contributed by atoms with Gasteiger partial charge in [0.05, 0.1) is 17.6 Å². The molecule has 1 aliphatic heterocycles. The highest BCUT2D eigenvalue weighted by atomic mass is 16.2. The zero-order chi connectivity index (χ0) is 17.9. The summed E-state index contributed by atoms with van der Waals surface area (Å²) in [5, 5.41) is 12.5. The van der Waals surface area contributed by atoms with E-state index in [0.29, 0.717) is 0 Å². The maximum absolute atomic E-state index is 12.2. The van der Waals surface area contributed by atoms with Gasteiger partial charge in [0.25, 0.3) is 0 Å². The molecule has 0 aromatic carbocycles. The van der Waals surface area contributed by atoms with E-state index in [1.54, 1.807) is 6.20 Å². The fourth-order valence-electron chi connectivity index (χ4n) is 2.99. The summed E-state index contributed by atoms with van der Waals surface area (Å²) in [5.41, 5.74) is 15.7. The fourth-order valence-corrected chi connectivity index (χ4v) is 2.99. The number of nitrogens with zero attached hydrogens (tertiary/aromatic N) is 2. The highest BCUT2D eigenvalue weighted by molar-refractivity contribution is 5.79. The number of rotatable bonds is 5. The van der Waals surface area contributed by atoms with Gasteiger partial charge in [0.1, 0.15) is 6.17 Å². The van der Waals surface area contributed by atoms with Gasteiger partial charge in [-0.25, -0.2) is 10.3 Å². The van der Waals surface area contributed by atoms with Gasteiger partial charge in [-0.1, -0.05) is 0 Å². The van der Waals surface area contributed by atoms with Gasteiger partial charge in [0.15, 0.2) is 0 Å². The Morgan fingerprint density at radius 3 is 3.04 bits per heavy atom. The molecule has 1 saturated carbocycles. The lowest BCUT2D eigenvalue weighted by atomic mass is 9.79. The van der Waals surface area contributed by atoms with Gasteiger partial charge in [-0.2, -0.15) is 5.11 Å². The molecule has 1 aliphatic carbocycles. The number of aromatic nitrogens is 1. The normalized spacial score (nSPS) is 20.7. The van der Waals surface area contributed by atoms with Crippen molar-refractivity contribution in [3.05, 3.63) is 35.8 Å². The first-order valence-electron chi connectivity index (χ1n) is 8.32. The van der Waals surface area contributed by atoms with Crippen molar-refractivity contribution in [2.24, 2.45) is 10.8 Å². The predicted octanol–water partition coefficient (Wildman–Crippen LogP) is 2.42. The molecule has 2 aliphatic rings. The molecule has 8 nitrogen and oxygen atoms in total. The van der Waals surface area contributed by atoms with Crippen LogP contribution in [-0.4, -0.2) is 29.3 Å². The summed E-state index contributed by atoms with van der Waals surface area (Å²) < 4.78 is 0. The number of carbonyl (C=O) groups excluding carboxylic acids is 1. The maximum Gasteiger partial charge on any atom is 0.317 e. The van der Waals surface area contributed by atoms with Crippen LogP contribution in [-0.2, 0) is 0 Å². The molecule has 2 amide bonds. The molecule has 1 atom stereocenters. The number of fused-ring (bicyclic) bond motifs is 1. The minimum atomic E-state index is -0.320.